The fourth-order valence-electron chi connectivity index (χ4n) is 0.664. The van der Waals surface area contributed by atoms with E-state index in [1.54, 1.807) is 0 Å². The number of carbonyl (C=O) groups is 2. The lowest BCUT2D eigenvalue weighted by Crippen LogP contribution is -2.35. The van der Waals surface area contributed by atoms with Gasteiger partial charge in [0, 0.05) is 0 Å². The Bertz CT molecular complexity index is 310. The van der Waals surface area contributed by atoms with Crippen molar-refractivity contribution in [3.05, 3.63) is 0 Å². The monoisotopic (exact) mass is 209 g/mol. The maximum Gasteiger partial charge on any atom is 0.324 e. The van der Waals surface area contributed by atoms with Gasteiger partial charge < -0.3 is 15.2 Å². The first kappa shape index (κ1) is 13.0. The second-order valence-electron chi connectivity index (χ2n) is 2.49. The molecule has 0 heterocycles. The number of hydrogen-bond donors (Lipinski definition) is 1. The molecule has 0 aromatic rings. The standard InChI is InChI=1S/C10H11NO4/c1-3-5-14-9(12)7-8(11)10(13)15-6-4-2/h1-2,8H,5-7,11H2/t8-/m0/s1. The molecular weight excluding hydrogens is 198 g/mol. The lowest BCUT2D eigenvalue weighted by molar-refractivity contribution is -0.150. The molecule has 0 radical (unpaired) electrons. The van der Waals surface area contributed by atoms with Crippen LogP contribution in [0, 0.1) is 24.7 Å². The highest BCUT2D eigenvalue weighted by Gasteiger charge is 2.19. The number of terminal acetylenes is 2. The SMILES string of the molecule is C#CCOC(=O)C[C@H](N)C(=O)OCC#C. The zero-order valence-electron chi connectivity index (χ0n) is 8.06. The molecule has 0 saturated heterocycles. The topological polar surface area (TPSA) is 78.6 Å². The molecule has 2 N–H and O–H groups in total. The minimum absolute atomic E-state index is 0.148. The van der Waals surface area contributed by atoms with Crippen LogP contribution in [0.5, 0.6) is 0 Å². The van der Waals surface area contributed by atoms with Crippen LogP contribution in [0.25, 0.3) is 0 Å². The van der Waals surface area contributed by atoms with E-state index in [1.165, 1.54) is 0 Å². The van der Waals surface area contributed by atoms with Crippen LogP contribution in [0.4, 0.5) is 0 Å². The van der Waals surface area contributed by atoms with Gasteiger partial charge in [-0.2, -0.15) is 0 Å². The summed E-state index contributed by atoms with van der Waals surface area (Å²) in [5, 5.41) is 0. The molecule has 0 saturated carbocycles. The molecule has 0 amide bonds. The average molecular weight is 209 g/mol. The molecule has 15 heavy (non-hydrogen) atoms. The van der Waals surface area contributed by atoms with Crippen molar-refractivity contribution >= 4 is 11.9 Å². The number of hydrogen-bond acceptors (Lipinski definition) is 5. The zero-order chi connectivity index (χ0) is 11.7. The zero-order valence-corrected chi connectivity index (χ0v) is 8.06. The third-order valence-corrected chi connectivity index (χ3v) is 1.30. The summed E-state index contributed by atoms with van der Waals surface area (Å²) < 4.78 is 9.02. The highest BCUT2D eigenvalue weighted by molar-refractivity contribution is 5.82. The van der Waals surface area contributed by atoms with Crippen molar-refractivity contribution in [1.82, 2.24) is 0 Å². The van der Waals surface area contributed by atoms with Gasteiger partial charge in [-0.25, -0.2) is 0 Å². The second-order valence-corrected chi connectivity index (χ2v) is 2.49. The third-order valence-electron chi connectivity index (χ3n) is 1.30. The smallest absolute Gasteiger partial charge is 0.324 e. The van der Waals surface area contributed by atoms with Crippen molar-refractivity contribution in [2.45, 2.75) is 12.5 Å². The summed E-state index contributed by atoms with van der Waals surface area (Å²) in [6, 6.07) is -1.08. The van der Waals surface area contributed by atoms with Crippen LogP contribution in [0.2, 0.25) is 0 Å². The summed E-state index contributed by atoms with van der Waals surface area (Å²) in [6.07, 6.45) is 9.44. The highest BCUT2D eigenvalue weighted by atomic mass is 16.5. The van der Waals surface area contributed by atoms with Crippen molar-refractivity contribution in [2.24, 2.45) is 5.73 Å². The van der Waals surface area contributed by atoms with Crippen LogP contribution >= 0.6 is 0 Å². The summed E-state index contributed by atoms with van der Waals surface area (Å²) in [7, 11) is 0. The van der Waals surface area contributed by atoms with E-state index in [2.05, 4.69) is 21.3 Å². The summed E-state index contributed by atoms with van der Waals surface area (Å²) in [4.78, 5) is 22.0. The van der Waals surface area contributed by atoms with E-state index in [1.807, 2.05) is 0 Å². The van der Waals surface area contributed by atoms with Gasteiger partial charge in [0.25, 0.3) is 0 Å². The van der Waals surface area contributed by atoms with Gasteiger partial charge in [-0.3, -0.25) is 9.59 Å². The van der Waals surface area contributed by atoms with Gasteiger partial charge in [-0.1, -0.05) is 11.8 Å². The number of nitrogens with two attached hydrogens (primary N) is 1. The molecule has 0 aliphatic rings. The number of carbonyl (C=O) groups excluding carboxylic acids is 2. The Kier molecular flexibility index (Phi) is 6.45. The fraction of sp³-hybridized carbons (Fsp3) is 0.400. The normalized spacial score (nSPS) is 10.6. The number of rotatable bonds is 5. The minimum atomic E-state index is -1.08. The van der Waals surface area contributed by atoms with Gasteiger partial charge in [0.1, 0.15) is 6.04 Å². The molecule has 0 aromatic heterocycles. The third kappa shape index (κ3) is 6.14. The van der Waals surface area contributed by atoms with Crippen molar-refractivity contribution in [1.29, 1.82) is 0 Å². The quantitative estimate of drug-likeness (QED) is 0.467. The van der Waals surface area contributed by atoms with Crippen LogP contribution < -0.4 is 5.73 Å². The Hall–Kier alpha value is -1.98. The molecular formula is C10H11NO4. The molecule has 1 atom stereocenters. The Morgan fingerprint density at radius 1 is 1.20 bits per heavy atom. The maximum atomic E-state index is 11.0. The van der Waals surface area contributed by atoms with E-state index < -0.39 is 18.0 Å². The Morgan fingerprint density at radius 3 is 2.27 bits per heavy atom. The van der Waals surface area contributed by atoms with Gasteiger partial charge in [-0.05, 0) is 0 Å². The predicted molar refractivity (Wildman–Crippen MR) is 52.2 cm³/mol. The predicted octanol–water partition coefficient (Wildman–Crippen LogP) is -0.943. The minimum Gasteiger partial charge on any atom is -0.452 e. The van der Waals surface area contributed by atoms with Crippen LogP contribution in [-0.2, 0) is 19.1 Å². The molecule has 0 unspecified atom stereocenters. The maximum absolute atomic E-state index is 11.0. The first-order valence-electron chi connectivity index (χ1n) is 4.06. The molecule has 0 spiro atoms. The average Bonchev–Trinajstić information content (AvgIpc) is 2.22. The van der Waals surface area contributed by atoms with Crippen LogP contribution in [-0.4, -0.2) is 31.2 Å². The van der Waals surface area contributed by atoms with Crippen molar-refractivity contribution < 1.29 is 19.1 Å². The molecule has 0 rings (SSSR count). The lowest BCUT2D eigenvalue weighted by atomic mass is 10.2. The van der Waals surface area contributed by atoms with Gasteiger partial charge >= 0.3 is 11.9 Å². The van der Waals surface area contributed by atoms with Gasteiger partial charge in [0.2, 0.25) is 0 Å². The molecule has 0 fully saturated rings. The Balaban J connectivity index is 3.87. The first-order valence-corrected chi connectivity index (χ1v) is 4.06. The second kappa shape index (κ2) is 7.43. The van der Waals surface area contributed by atoms with E-state index in [0.29, 0.717) is 0 Å². The summed E-state index contributed by atoms with van der Waals surface area (Å²) >= 11 is 0. The summed E-state index contributed by atoms with van der Waals surface area (Å²) in [6.45, 7) is -0.323. The molecule has 0 aliphatic heterocycles. The lowest BCUT2D eigenvalue weighted by Gasteiger charge is -2.08. The van der Waals surface area contributed by atoms with E-state index >= 15 is 0 Å². The molecule has 80 valence electrons. The molecule has 5 nitrogen and oxygen atoms in total. The Morgan fingerprint density at radius 2 is 1.73 bits per heavy atom. The Labute approximate surface area is 87.9 Å². The number of ether oxygens (including phenoxy) is 2. The van der Waals surface area contributed by atoms with Crippen LogP contribution in [0.3, 0.4) is 0 Å². The van der Waals surface area contributed by atoms with Crippen molar-refractivity contribution in [3.8, 4) is 24.7 Å². The van der Waals surface area contributed by atoms with Crippen molar-refractivity contribution in [3.63, 3.8) is 0 Å². The van der Waals surface area contributed by atoms with E-state index in [-0.39, 0.29) is 19.6 Å². The van der Waals surface area contributed by atoms with Crippen LogP contribution in [0.1, 0.15) is 6.42 Å². The largest absolute Gasteiger partial charge is 0.452 e. The fourth-order valence-corrected chi connectivity index (χ4v) is 0.664. The summed E-state index contributed by atoms with van der Waals surface area (Å²) in [5.41, 5.74) is 5.34. The van der Waals surface area contributed by atoms with E-state index in [0.717, 1.165) is 0 Å². The van der Waals surface area contributed by atoms with Crippen LogP contribution in [0.15, 0.2) is 0 Å². The summed E-state index contributed by atoms with van der Waals surface area (Å²) in [5.74, 6) is 2.81. The number of esters is 2. The van der Waals surface area contributed by atoms with Gasteiger partial charge in [0.05, 0.1) is 6.42 Å². The highest BCUT2D eigenvalue weighted by Crippen LogP contribution is 1.95. The van der Waals surface area contributed by atoms with E-state index in [4.69, 9.17) is 18.6 Å². The molecule has 0 bridgehead atoms. The molecule has 0 aliphatic carbocycles. The molecule has 5 heteroatoms. The first-order chi connectivity index (χ1) is 7.11. The van der Waals surface area contributed by atoms with Gasteiger partial charge in [0.15, 0.2) is 13.2 Å². The molecule has 0 aromatic carbocycles. The van der Waals surface area contributed by atoms with Crippen molar-refractivity contribution in [2.75, 3.05) is 13.2 Å². The van der Waals surface area contributed by atoms with Gasteiger partial charge in [-0.15, -0.1) is 12.8 Å². The van der Waals surface area contributed by atoms with E-state index in [9.17, 15) is 9.59 Å².